The summed E-state index contributed by atoms with van der Waals surface area (Å²) in [4.78, 5) is 20.7. The molecule has 0 aliphatic heterocycles. The Kier molecular flexibility index (Phi) is 13.9. The maximum absolute atomic E-state index is 14.2. The van der Waals surface area contributed by atoms with E-state index < -0.39 is 18.1 Å². The molecule has 160 valence electrons. The fourth-order valence-corrected chi connectivity index (χ4v) is 1.99. The summed E-state index contributed by atoms with van der Waals surface area (Å²) in [6.07, 6.45) is 4.91. The molecule has 0 fully saturated rings. The number of methoxy groups -OCH3 is 1. The molecule has 0 aliphatic carbocycles. The van der Waals surface area contributed by atoms with Crippen LogP contribution in [0, 0.1) is 5.92 Å². The normalized spacial score (nSPS) is 14.7. The number of amidine groups is 1. The Morgan fingerprint density at radius 2 is 1.89 bits per heavy atom. The van der Waals surface area contributed by atoms with Gasteiger partial charge in [0.2, 0.25) is 5.95 Å². The van der Waals surface area contributed by atoms with Crippen molar-refractivity contribution in [1.29, 1.82) is 0 Å². The van der Waals surface area contributed by atoms with Crippen molar-refractivity contribution in [2.24, 2.45) is 15.9 Å². The lowest BCUT2D eigenvalue weighted by Gasteiger charge is -2.17. The number of unbranched alkanes of at least 4 members (excludes halogenated alkanes) is 1. The third-order valence-electron chi connectivity index (χ3n) is 3.92. The van der Waals surface area contributed by atoms with Crippen LogP contribution >= 0.6 is 0 Å². The number of amides is 1. The fraction of sp³-hybridized carbons (Fsp3) is 0.667. The van der Waals surface area contributed by atoms with Crippen molar-refractivity contribution in [3.63, 3.8) is 0 Å². The van der Waals surface area contributed by atoms with Gasteiger partial charge in [0.1, 0.15) is 11.8 Å². The molecule has 2 atom stereocenters. The average Bonchev–Trinajstić information content (AvgIpc) is 2.65. The van der Waals surface area contributed by atoms with Gasteiger partial charge in [-0.25, -0.2) is 9.79 Å². The minimum absolute atomic E-state index is 0.0293. The number of rotatable bonds is 11. The van der Waals surface area contributed by atoms with Crippen LogP contribution in [0.3, 0.4) is 0 Å². The zero-order valence-electron chi connectivity index (χ0n) is 18.3. The van der Waals surface area contributed by atoms with Crippen molar-refractivity contribution >= 4 is 18.1 Å². The highest BCUT2D eigenvalue weighted by Crippen LogP contribution is 2.12. The van der Waals surface area contributed by atoms with E-state index in [4.69, 9.17) is 9.47 Å². The topological polar surface area (TPSA) is 72.3 Å². The van der Waals surface area contributed by atoms with Crippen LogP contribution in [0.25, 0.3) is 0 Å². The van der Waals surface area contributed by atoms with Crippen LogP contribution in [0.15, 0.2) is 33.3 Å². The van der Waals surface area contributed by atoms with Crippen LogP contribution in [0.5, 0.6) is 0 Å². The highest BCUT2D eigenvalue weighted by Gasteiger charge is 2.17. The Hall–Kier alpha value is -2.02. The zero-order valence-corrected chi connectivity index (χ0v) is 18.3. The molecule has 0 saturated heterocycles. The van der Waals surface area contributed by atoms with E-state index in [9.17, 15) is 9.18 Å². The van der Waals surface area contributed by atoms with Gasteiger partial charge < -0.3 is 9.47 Å². The number of nitrogens with zero attached hydrogens (tertiary/aromatic N) is 2. The molecule has 0 aromatic rings. The van der Waals surface area contributed by atoms with Crippen molar-refractivity contribution in [1.82, 2.24) is 5.32 Å². The van der Waals surface area contributed by atoms with Gasteiger partial charge in [-0.05, 0) is 50.7 Å². The number of halogens is 1. The second-order valence-electron chi connectivity index (χ2n) is 6.80. The summed E-state index contributed by atoms with van der Waals surface area (Å²) >= 11 is 0. The van der Waals surface area contributed by atoms with E-state index in [0.29, 0.717) is 18.5 Å². The summed E-state index contributed by atoms with van der Waals surface area (Å²) in [6.45, 7) is 11.9. The van der Waals surface area contributed by atoms with Crippen LogP contribution < -0.4 is 5.32 Å². The molecule has 0 bridgehead atoms. The predicted octanol–water partition coefficient (Wildman–Crippen LogP) is 5.56. The van der Waals surface area contributed by atoms with Crippen LogP contribution in [0.4, 0.5) is 9.18 Å². The summed E-state index contributed by atoms with van der Waals surface area (Å²) in [7, 11) is 1.54. The molecular weight excluding hydrogens is 361 g/mol. The number of nitrogens with one attached hydrogen (secondary N) is 1. The first-order chi connectivity index (χ1) is 13.3. The number of aliphatic imine (C=N–C) groups is 2. The van der Waals surface area contributed by atoms with Gasteiger partial charge in [-0.15, -0.1) is 0 Å². The Morgan fingerprint density at radius 3 is 2.39 bits per heavy atom. The third kappa shape index (κ3) is 11.0. The Morgan fingerprint density at radius 1 is 1.21 bits per heavy atom. The van der Waals surface area contributed by atoms with Crippen molar-refractivity contribution < 1.29 is 18.7 Å². The lowest BCUT2D eigenvalue weighted by atomic mass is 10.1. The monoisotopic (exact) mass is 397 g/mol. The molecule has 28 heavy (non-hydrogen) atoms. The summed E-state index contributed by atoms with van der Waals surface area (Å²) in [5, 5.41) is 2.55. The lowest BCUT2D eigenvalue weighted by molar-refractivity contribution is 0.0397. The lowest BCUT2D eigenvalue weighted by Crippen LogP contribution is -2.36. The van der Waals surface area contributed by atoms with E-state index in [0.717, 1.165) is 18.4 Å². The maximum atomic E-state index is 14.2. The van der Waals surface area contributed by atoms with Gasteiger partial charge >= 0.3 is 6.09 Å². The molecule has 1 amide bonds. The first-order valence-electron chi connectivity index (χ1n) is 9.91. The van der Waals surface area contributed by atoms with Gasteiger partial charge in [-0.3, -0.25) is 10.3 Å². The van der Waals surface area contributed by atoms with Gasteiger partial charge in [0.05, 0.1) is 6.61 Å². The smallest absolute Gasteiger partial charge is 0.413 e. The standard InChI is InChI=1S/C21H36FN3O3/c1-8-11-12-18(22)24-20(19(15(4)5)23-13-16(6)9-2)25-21(26)28-17(10-3)14-27-7/h12-13,16-17H,8-11,14H2,1-7H3,(H,24,25,26)/b18-12+,23-13?. The van der Waals surface area contributed by atoms with Gasteiger partial charge in [-0.1, -0.05) is 34.1 Å². The highest BCUT2D eigenvalue weighted by molar-refractivity contribution is 6.07. The number of hydrogen-bond donors (Lipinski definition) is 1. The molecule has 0 aromatic carbocycles. The fourth-order valence-electron chi connectivity index (χ4n) is 1.99. The molecule has 2 unspecified atom stereocenters. The number of allylic oxidation sites excluding steroid dienone is 2. The van der Waals surface area contributed by atoms with E-state index in [-0.39, 0.29) is 18.4 Å². The average molecular weight is 398 g/mol. The van der Waals surface area contributed by atoms with Gasteiger partial charge in [0.25, 0.3) is 0 Å². The molecule has 1 N–H and O–H groups in total. The van der Waals surface area contributed by atoms with Crippen molar-refractivity contribution in [2.45, 2.75) is 73.3 Å². The second-order valence-corrected chi connectivity index (χ2v) is 6.80. The molecular formula is C21H36FN3O3. The first kappa shape index (κ1) is 26.0. The van der Waals surface area contributed by atoms with Crippen LogP contribution in [0.2, 0.25) is 0 Å². The van der Waals surface area contributed by atoms with Gasteiger partial charge in [0.15, 0.2) is 5.84 Å². The summed E-state index contributed by atoms with van der Waals surface area (Å²) in [5.74, 6) is -0.394. The van der Waals surface area contributed by atoms with Gasteiger partial charge in [0, 0.05) is 13.3 Å². The van der Waals surface area contributed by atoms with Crippen LogP contribution in [-0.4, -0.2) is 38.0 Å². The van der Waals surface area contributed by atoms with Crippen molar-refractivity contribution in [3.05, 3.63) is 23.3 Å². The molecule has 0 rings (SSSR count). The molecule has 0 aromatic heterocycles. The van der Waals surface area contributed by atoms with Crippen molar-refractivity contribution in [2.75, 3.05) is 13.7 Å². The highest BCUT2D eigenvalue weighted by atomic mass is 19.1. The van der Waals surface area contributed by atoms with E-state index in [2.05, 4.69) is 22.2 Å². The van der Waals surface area contributed by atoms with Crippen molar-refractivity contribution in [3.8, 4) is 0 Å². The van der Waals surface area contributed by atoms with E-state index in [1.807, 2.05) is 34.6 Å². The number of carbonyl (C=O) groups is 1. The number of hydrogen-bond acceptors (Lipinski definition) is 5. The molecule has 0 spiro atoms. The van der Waals surface area contributed by atoms with E-state index in [1.54, 1.807) is 6.21 Å². The van der Waals surface area contributed by atoms with Crippen LogP contribution in [0.1, 0.15) is 67.2 Å². The molecule has 6 nitrogen and oxygen atoms in total. The Labute approximate surface area is 169 Å². The number of alkyl carbamates (subject to hydrolysis) is 1. The molecule has 0 heterocycles. The summed E-state index contributed by atoms with van der Waals surface area (Å²) in [6, 6.07) is 0. The summed E-state index contributed by atoms with van der Waals surface area (Å²) < 4.78 is 24.6. The van der Waals surface area contributed by atoms with E-state index in [1.165, 1.54) is 13.2 Å². The van der Waals surface area contributed by atoms with Crippen LogP contribution in [-0.2, 0) is 9.47 Å². The van der Waals surface area contributed by atoms with Gasteiger partial charge in [-0.2, -0.15) is 4.39 Å². The minimum Gasteiger partial charge on any atom is -0.444 e. The predicted molar refractivity (Wildman–Crippen MR) is 113 cm³/mol. The molecule has 0 saturated carbocycles. The summed E-state index contributed by atoms with van der Waals surface area (Å²) in [5.41, 5.74) is 1.21. The third-order valence-corrected chi connectivity index (χ3v) is 3.92. The largest absolute Gasteiger partial charge is 0.444 e. The quantitative estimate of drug-likeness (QED) is 0.282. The SMILES string of the molecule is CCC/C=C(F)/N=C(/NC(=O)OC(CC)COC)C(N=CC(C)CC)=C(C)C. The molecule has 7 heteroatoms. The maximum Gasteiger partial charge on any atom is 0.413 e. The zero-order chi connectivity index (χ0) is 21.5. The molecule has 0 aliphatic rings. The number of ether oxygens (including phenoxy) is 2. The minimum atomic E-state index is -0.719. The first-order valence-corrected chi connectivity index (χ1v) is 9.91. The van der Waals surface area contributed by atoms with E-state index >= 15 is 0 Å². The Bertz CT molecular complexity index is 594. The number of carbonyl (C=O) groups excluding carboxylic acids is 1. The Balaban J connectivity index is 5.74. The molecule has 0 radical (unpaired) electrons. The second kappa shape index (κ2) is 15.0.